The van der Waals surface area contributed by atoms with E-state index in [-0.39, 0.29) is 11.1 Å². The van der Waals surface area contributed by atoms with Crippen molar-refractivity contribution in [3.8, 4) is 0 Å². The van der Waals surface area contributed by atoms with Crippen molar-refractivity contribution < 1.29 is 23.5 Å². The molecule has 1 unspecified atom stereocenters. The van der Waals surface area contributed by atoms with Crippen LogP contribution in [0.1, 0.15) is 73.1 Å². The fraction of sp³-hybridized carbons (Fsp3) is 0.462. The zero-order chi connectivity index (χ0) is 25.5. The van der Waals surface area contributed by atoms with E-state index in [2.05, 4.69) is 27.9 Å². The number of carboxylic acid groups (broad SMARTS) is 1. The number of carboxylic acids is 1. The van der Waals surface area contributed by atoms with Crippen molar-refractivity contribution >= 4 is 28.6 Å². The SMILES string of the molecule is O=C(NC(CCCCCCCc1ccc2c(n1)NCCC2)C(=O)O)c1ccc2c(cnn2C(F)F)c1. The summed E-state index contributed by atoms with van der Waals surface area (Å²) in [5.74, 6) is -0.633. The van der Waals surface area contributed by atoms with Gasteiger partial charge in [0.05, 0.1) is 11.7 Å². The summed E-state index contributed by atoms with van der Waals surface area (Å²) >= 11 is 0. The molecule has 3 aromatic rings. The van der Waals surface area contributed by atoms with E-state index in [1.165, 1.54) is 30.0 Å². The Balaban J connectivity index is 1.18. The van der Waals surface area contributed by atoms with Crippen molar-refractivity contribution in [2.75, 3.05) is 11.9 Å². The largest absolute Gasteiger partial charge is 0.480 e. The van der Waals surface area contributed by atoms with Crippen LogP contribution >= 0.6 is 0 Å². The monoisotopic (exact) mass is 499 g/mol. The van der Waals surface area contributed by atoms with Crippen LogP contribution in [-0.4, -0.2) is 44.3 Å². The Hall–Kier alpha value is -3.56. The number of carbonyl (C=O) groups is 2. The number of hydrogen-bond acceptors (Lipinski definition) is 5. The number of aryl methyl sites for hydroxylation is 2. The van der Waals surface area contributed by atoms with Gasteiger partial charge in [0.2, 0.25) is 0 Å². The third kappa shape index (κ3) is 6.35. The topological polar surface area (TPSA) is 109 Å². The molecule has 0 saturated carbocycles. The van der Waals surface area contributed by atoms with Gasteiger partial charge in [-0.2, -0.15) is 13.9 Å². The van der Waals surface area contributed by atoms with E-state index in [1.54, 1.807) is 0 Å². The summed E-state index contributed by atoms with van der Waals surface area (Å²) in [5, 5.41) is 19.4. The maximum Gasteiger partial charge on any atom is 0.333 e. The van der Waals surface area contributed by atoms with Gasteiger partial charge in [-0.1, -0.05) is 31.7 Å². The van der Waals surface area contributed by atoms with E-state index in [4.69, 9.17) is 4.98 Å². The van der Waals surface area contributed by atoms with Crippen molar-refractivity contribution in [1.82, 2.24) is 20.1 Å². The van der Waals surface area contributed by atoms with Gasteiger partial charge in [0, 0.05) is 23.2 Å². The Kier molecular flexibility index (Phi) is 8.45. The van der Waals surface area contributed by atoms with Gasteiger partial charge < -0.3 is 15.7 Å². The lowest BCUT2D eigenvalue weighted by Crippen LogP contribution is -2.40. The Bertz CT molecular complexity index is 1210. The van der Waals surface area contributed by atoms with Crippen LogP contribution in [0.25, 0.3) is 10.9 Å². The number of unbranched alkanes of at least 4 members (excludes halogenated alkanes) is 4. The second kappa shape index (κ2) is 11.9. The molecule has 1 aliphatic heterocycles. The Labute approximate surface area is 208 Å². The van der Waals surface area contributed by atoms with Gasteiger partial charge in [-0.15, -0.1) is 0 Å². The molecule has 0 fully saturated rings. The highest BCUT2D eigenvalue weighted by molar-refractivity contribution is 5.99. The number of nitrogens with one attached hydrogen (secondary N) is 2. The molecule has 8 nitrogen and oxygen atoms in total. The zero-order valence-electron chi connectivity index (χ0n) is 20.1. The molecule has 192 valence electrons. The lowest BCUT2D eigenvalue weighted by molar-refractivity contribution is -0.139. The van der Waals surface area contributed by atoms with Crippen LogP contribution < -0.4 is 10.6 Å². The molecular formula is C26H31F2N5O3. The normalized spacial score (nSPS) is 13.9. The first-order valence-electron chi connectivity index (χ1n) is 12.4. The summed E-state index contributed by atoms with van der Waals surface area (Å²) in [4.78, 5) is 29.0. The lowest BCUT2D eigenvalue weighted by atomic mass is 10.0. The minimum Gasteiger partial charge on any atom is -0.480 e. The van der Waals surface area contributed by atoms with Crippen molar-refractivity contribution in [3.63, 3.8) is 0 Å². The molecule has 3 N–H and O–H groups in total. The molecule has 0 saturated heterocycles. The molecule has 0 aliphatic carbocycles. The molecule has 1 aliphatic rings. The van der Waals surface area contributed by atoms with Gasteiger partial charge in [-0.05, 0) is 61.9 Å². The van der Waals surface area contributed by atoms with Crippen LogP contribution in [0.5, 0.6) is 0 Å². The Morgan fingerprint density at radius 3 is 2.72 bits per heavy atom. The van der Waals surface area contributed by atoms with Crippen LogP contribution in [0, 0.1) is 0 Å². The predicted molar refractivity (Wildman–Crippen MR) is 132 cm³/mol. The number of fused-ring (bicyclic) bond motifs is 2. The number of rotatable bonds is 12. The number of anilines is 1. The number of aromatic nitrogens is 3. The average molecular weight is 500 g/mol. The maximum absolute atomic E-state index is 13.0. The van der Waals surface area contributed by atoms with Crippen molar-refractivity contribution in [2.24, 2.45) is 0 Å². The first-order valence-corrected chi connectivity index (χ1v) is 12.4. The number of pyridine rings is 1. The Morgan fingerprint density at radius 1 is 1.11 bits per heavy atom. The molecule has 1 amide bonds. The van der Waals surface area contributed by atoms with Crippen molar-refractivity contribution in [1.29, 1.82) is 0 Å². The number of aliphatic carboxylic acids is 1. The summed E-state index contributed by atoms with van der Waals surface area (Å²) in [6.45, 7) is -1.81. The number of benzene rings is 1. The third-order valence-electron chi connectivity index (χ3n) is 6.52. The van der Waals surface area contributed by atoms with E-state index in [1.807, 2.05) is 0 Å². The van der Waals surface area contributed by atoms with Gasteiger partial charge in [0.25, 0.3) is 5.91 Å². The second-order valence-corrected chi connectivity index (χ2v) is 9.15. The highest BCUT2D eigenvalue weighted by Gasteiger charge is 2.21. The maximum atomic E-state index is 13.0. The minimum atomic E-state index is -2.78. The highest BCUT2D eigenvalue weighted by Crippen LogP contribution is 2.22. The smallest absolute Gasteiger partial charge is 0.333 e. The predicted octanol–water partition coefficient (Wildman–Crippen LogP) is 4.95. The molecule has 2 aromatic heterocycles. The molecule has 0 bridgehead atoms. The van der Waals surface area contributed by atoms with E-state index in [0.717, 1.165) is 63.0 Å². The molecule has 0 spiro atoms. The number of amides is 1. The molecular weight excluding hydrogens is 468 g/mol. The number of alkyl halides is 2. The average Bonchev–Trinajstić information content (AvgIpc) is 3.31. The number of hydrogen-bond donors (Lipinski definition) is 3. The van der Waals surface area contributed by atoms with Crippen LogP contribution in [0.3, 0.4) is 0 Å². The first kappa shape index (κ1) is 25.5. The summed E-state index contributed by atoms with van der Waals surface area (Å²) in [6.07, 6.45) is 9.31. The summed E-state index contributed by atoms with van der Waals surface area (Å²) < 4.78 is 26.5. The van der Waals surface area contributed by atoms with E-state index in [0.29, 0.717) is 22.9 Å². The van der Waals surface area contributed by atoms with Crippen molar-refractivity contribution in [2.45, 2.75) is 70.4 Å². The van der Waals surface area contributed by atoms with Crippen LogP contribution in [0.2, 0.25) is 0 Å². The van der Waals surface area contributed by atoms with Crippen LogP contribution in [0.4, 0.5) is 14.6 Å². The quantitative estimate of drug-likeness (QED) is 0.304. The fourth-order valence-electron chi connectivity index (χ4n) is 4.54. The molecule has 10 heteroatoms. The number of nitrogens with zero attached hydrogens (tertiary/aromatic N) is 3. The van der Waals surface area contributed by atoms with E-state index < -0.39 is 24.5 Å². The molecule has 0 radical (unpaired) electrons. The van der Waals surface area contributed by atoms with Gasteiger partial charge in [-0.25, -0.2) is 14.5 Å². The molecule has 1 aromatic carbocycles. The number of halogens is 2. The molecule has 1 atom stereocenters. The third-order valence-corrected chi connectivity index (χ3v) is 6.52. The van der Waals surface area contributed by atoms with Gasteiger partial charge >= 0.3 is 12.5 Å². The van der Waals surface area contributed by atoms with Gasteiger partial charge in [-0.3, -0.25) is 4.79 Å². The summed E-state index contributed by atoms with van der Waals surface area (Å²) in [6, 6.07) is 7.47. The lowest BCUT2D eigenvalue weighted by Gasteiger charge is -2.17. The molecule has 3 heterocycles. The molecule has 4 rings (SSSR count). The van der Waals surface area contributed by atoms with Crippen molar-refractivity contribution in [3.05, 3.63) is 53.3 Å². The fourth-order valence-corrected chi connectivity index (χ4v) is 4.54. The van der Waals surface area contributed by atoms with Crippen LogP contribution in [0.15, 0.2) is 36.5 Å². The van der Waals surface area contributed by atoms with E-state index >= 15 is 0 Å². The van der Waals surface area contributed by atoms with Crippen LogP contribution in [-0.2, 0) is 17.6 Å². The molecule has 36 heavy (non-hydrogen) atoms. The highest BCUT2D eigenvalue weighted by atomic mass is 19.3. The van der Waals surface area contributed by atoms with Gasteiger partial charge in [0.1, 0.15) is 11.9 Å². The number of carbonyl (C=O) groups excluding carboxylic acids is 1. The Morgan fingerprint density at radius 2 is 1.92 bits per heavy atom. The zero-order valence-corrected chi connectivity index (χ0v) is 20.1. The van der Waals surface area contributed by atoms with Gasteiger partial charge in [0.15, 0.2) is 0 Å². The van der Waals surface area contributed by atoms with E-state index in [9.17, 15) is 23.5 Å². The second-order valence-electron chi connectivity index (χ2n) is 9.15. The summed E-state index contributed by atoms with van der Waals surface area (Å²) in [5.41, 5.74) is 2.79. The minimum absolute atomic E-state index is 0.202. The standard InChI is InChI=1S/C26H31F2N5O3/c27-26(28)33-22-13-11-18(15-19(22)16-30-33)24(34)32-21(25(35)36)9-5-3-1-2-4-8-20-12-10-17-7-6-14-29-23(17)31-20/h10-13,15-16,21,26H,1-9,14H2,(H,29,31)(H,32,34)(H,35,36). The summed E-state index contributed by atoms with van der Waals surface area (Å²) in [7, 11) is 0. The first-order chi connectivity index (χ1) is 17.4.